The van der Waals surface area contributed by atoms with Crippen LogP contribution in [0.4, 0.5) is 5.69 Å². The smallest absolute Gasteiger partial charge is 0.147 e. The van der Waals surface area contributed by atoms with Crippen LogP contribution in [0.15, 0.2) is 28.9 Å². The average Bonchev–Trinajstić information content (AvgIpc) is 3.05. The summed E-state index contributed by atoms with van der Waals surface area (Å²) in [5, 5.41) is 10.3. The first-order chi connectivity index (χ1) is 14.4. The number of piperidine rings is 1. The van der Waals surface area contributed by atoms with Crippen molar-refractivity contribution < 1.29 is 5.11 Å². The molecular formula is C23H26B2BrN3O. The van der Waals surface area contributed by atoms with E-state index in [-0.39, 0.29) is 0 Å². The molecule has 30 heavy (non-hydrogen) atoms. The lowest BCUT2D eigenvalue weighted by Crippen LogP contribution is -2.34. The predicted molar refractivity (Wildman–Crippen MR) is 130 cm³/mol. The Morgan fingerprint density at radius 3 is 2.50 bits per heavy atom. The van der Waals surface area contributed by atoms with Crippen molar-refractivity contribution in [3.05, 3.63) is 40.1 Å². The number of nitrogens with zero attached hydrogens (tertiary/aromatic N) is 3. The number of fused-ring (bicyclic) bond motifs is 1. The van der Waals surface area contributed by atoms with E-state index in [2.05, 4.69) is 51.5 Å². The number of rotatable bonds is 5. The summed E-state index contributed by atoms with van der Waals surface area (Å²) in [4.78, 5) is 7.39. The van der Waals surface area contributed by atoms with Crippen LogP contribution in [-0.4, -0.2) is 50.0 Å². The first kappa shape index (κ1) is 21.5. The Labute approximate surface area is 189 Å². The highest BCUT2D eigenvalue weighted by atomic mass is 79.9. The van der Waals surface area contributed by atoms with Crippen molar-refractivity contribution in [1.29, 1.82) is 0 Å². The molecule has 4 rings (SSSR count). The zero-order valence-corrected chi connectivity index (χ0v) is 19.2. The van der Waals surface area contributed by atoms with Gasteiger partial charge in [-0.25, -0.2) is 4.98 Å². The summed E-state index contributed by atoms with van der Waals surface area (Å²) in [6, 6.07) is 5.95. The van der Waals surface area contributed by atoms with E-state index in [1.807, 2.05) is 12.1 Å². The third kappa shape index (κ3) is 4.06. The van der Waals surface area contributed by atoms with Gasteiger partial charge in [-0.3, -0.25) is 4.57 Å². The minimum atomic E-state index is 0.294. The van der Waals surface area contributed by atoms with Crippen molar-refractivity contribution >= 4 is 59.3 Å². The van der Waals surface area contributed by atoms with Crippen LogP contribution in [0.25, 0.3) is 16.7 Å². The number of aromatic nitrogens is 2. The number of pyridine rings is 1. The molecule has 3 heterocycles. The minimum absolute atomic E-state index is 0.294. The van der Waals surface area contributed by atoms with E-state index in [0.717, 1.165) is 47.4 Å². The maximum Gasteiger partial charge on any atom is 0.147 e. The molecule has 152 valence electrons. The van der Waals surface area contributed by atoms with Crippen molar-refractivity contribution in [2.45, 2.75) is 39.5 Å². The average molecular weight is 462 g/mol. The molecule has 1 saturated heterocycles. The number of aliphatic hydroxyl groups excluding tert-OH is 1. The molecule has 3 aromatic rings. The Balaban J connectivity index is 1.75. The fourth-order valence-electron chi connectivity index (χ4n) is 4.57. The van der Waals surface area contributed by atoms with Crippen LogP contribution in [0.2, 0.25) is 0 Å². The van der Waals surface area contributed by atoms with Crippen LogP contribution in [0.1, 0.15) is 36.9 Å². The van der Waals surface area contributed by atoms with Gasteiger partial charge in [0.15, 0.2) is 0 Å². The van der Waals surface area contributed by atoms with E-state index < -0.39 is 0 Å². The lowest BCUT2D eigenvalue weighted by atomic mass is 9.80. The molecule has 1 N–H and O–H groups in total. The van der Waals surface area contributed by atoms with Gasteiger partial charge in [-0.15, -0.1) is 10.9 Å². The first-order valence-electron chi connectivity index (χ1n) is 10.6. The summed E-state index contributed by atoms with van der Waals surface area (Å²) in [5.74, 6) is 0.714. The summed E-state index contributed by atoms with van der Waals surface area (Å²) in [5.41, 5.74) is 6.45. The summed E-state index contributed by atoms with van der Waals surface area (Å²) >= 11 is 3.64. The molecule has 2 aromatic heterocycles. The van der Waals surface area contributed by atoms with E-state index in [4.69, 9.17) is 25.8 Å². The van der Waals surface area contributed by atoms with Crippen molar-refractivity contribution in [2.75, 3.05) is 24.6 Å². The number of hydrogen-bond acceptors (Lipinski definition) is 3. The lowest BCUT2D eigenvalue weighted by Gasteiger charge is -2.34. The monoisotopic (exact) mass is 461 g/mol. The third-order valence-corrected chi connectivity index (χ3v) is 6.83. The van der Waals surface area contributed by atoms with Crippen LogP contribution in [-0.2, 0) is 0 Å². The number of benzene rings is 1. The molecule has 0 unspecified atom stereocenters. The second-order valence-corrected chi connectivity index (χ2v) is 9.25. The highest BCUT2D eigenvalue weighted by molar-refractivity contribution is 9.10. The number of aliphatic hydroxyl groups is 1. The summed E-state index contributed by atoms with van der Waals surface area (Å²) in [7, 11) is 12.1. The number of anilines is 1. The molecular weight excluding hydrogens is 436 g/mol. The Kier molecular flexibility index (Phi) is 6.31. The lowest BCUT2D eigenvalue weighted by molar-refractivity contribution is 0.261. The van der Waals surface area contributed by atoms with Gasteiger partial charge < -0.3 is 10.0 Å². The number of aryl methyl sites for hydroxylation is 2. The van der Waals surface area contributed by atoms with E-state index in [0.29, 0.717) is 23.5 Å². The molecule has 0 aliphatic carbocycles. The zero-order valence-electron chi connectivity index (χ0n) is 17.7. The summed E-state index contributed by atoms with van der Waals surface area (Å²) < 4.78 is 3.00. The normalized spacial score (nSPS) is 15.3. The quantitative estimate of drug-likeness (QED) is 0.594. The standard InChI is InChI=1S/C23H26B2BrN3O/c1-14-13-29(20-12-18(25)17(24)11-19(20)26)23-22(14)21(10-15(2)27-23)28-7-5-16(6-8-28)4-3-9-30/h10-13,16,30H,3-9H2,1-2H3. The van der Waals surface area contributed by atoms with Gasteiger partial charge in [-0.05, 0) is 79.1 Å². The number of hydrogen-bond donors (Lipinski definition) is 1. The molecule has 4 radical (unpaired) electrons. The van der Waals surface area contributed by atoms with Gasteiger partial charge in [-0.1, -0.05) is 6.07 Å². The topological polar surface area (TPSA) is 41.3 Å². The first-order valence-corrected chi connectivity index (χ1v) is 11.4. The maximum absolute atomic E-state index is 9.12. The zero-order chi connectivity index (χ0) is 21.4. The van der Waals surface area contributed by atoms with E-state index in [1.165, 1.54) is 29.5 Å². The summed E-state index contributed by atoms with van der Waals surface area (Å²) in [6.45, 7) is 6.57. The van der Waals surface area contributed by atoms with Gasteiger partial charge in [0.1, 0.15) is 21.3 Å². The Morgan fingerprint density at radius 2 is 1.80 bits per heavy atom. The largest absolute Gasteiger partial charge is 0.396 e. The second-order valence-electron chi connectivity index (χ2n) is 8.39. The van der Waals surface area contributed by atoms with Crippen LogP contribution in [0.3, 0.4) is 0 Å². The van der Waals surface area contributed by atoms with Crippen LogP contribution < -0.4 is 15.8 Å². The molecule has 0 saturated carbocycles. The molecule has 1 fully saturated rings. The van der Waals surface area contributed by atoms with Crippen molar-refractivity contribution in [1.82, 2.24) is 9.55 Å². The Bertz CT molecular complexity index is 1070. The van der Waals surface area contributed by atoms with Crippen molar-refractivity contribution in [3.8, 4) is 5.69 Å². The molecule has 0 amide bonds. The fraction of sp³-hybridized carbons (Fsp3) is 0.435. The maximum atomic E-state index is 9.12. The van der Waals surface area contributed by atoms with E-state index >= 15 is 0 Å². The third-order valence-electron chi connectivity index (χ3n) is 6.19. The fourth-order valence-corrected chi connectivity index (χ4v) is 5.12. The molecule has 7 heteroatoms. The van der Waals surface area contributed by atoms with E-state index in [1.54, 1.807) is 0 Å². The van der Waals surface area contributed by atoms with Crippen molar-refractivity contribution in [3.63, 3.8) is 0 Å². The highest BCUT2D eigenvalue weighted by Gasteiger charge is 2.23. The van der Waals surface area contributed by atoms with Gasteiger partial charge in [0.05, 0.1) is 5.69 Å². The van der Waals surface area contributed by atoms with Gasteiger partial charge in [0.25, 0.3) is 0 Å². The Hall–Kier alpha value is -1.72. The highest BCUT2D eigenvalue weighted by Crippen LogP contribution is 2.36. The number of halogens is 1. The van der Waals surface area contributed by atoms with Crippen LogP contribution >= 0.6 is 15.9 Å². The molecule has 1 aliphatic heterocycles. The van der Waals surface area contributed by atoms with Gasteiger partial charge in [0, 0.05) is 47.1 Å². The SMILES string of the molecule is [B]c1cc(Br)c(-n2cc(C)c3c(N4CCC(CCCO)CC4)cc(C)nc32)cc1[B]. The van der Waals surface area contributed by atoms with Crippen LogP contribution in [0, 0.1) is 19.8 Å². The molecule has 0 bridgehead atoms. The van der Waals surface area contributed by atoms with E-state index in [9.17, 15) is 0 Å². The van der Waals surface area contributed by atoms with Gasteiger partial charge in [-0.2, -0.15) is 0 Å². The van der Waals surface area contributed by atoms with Crippen molar-refractivity contribution in [2.24, 2.45) is 5.92 Å². The molecule has 0 atom stereocenters. The van der Waals surface area contributed by atoms with Gasteiger partial charge in [0.2, 0.25) is 0 Å². The molecule has 1 aromatic carbocycles. The second kappa shape index (κ2) is 8.80. The predicted octanol–water partition coefficient (Wildman–Crippen LogP) is 2.98. The molecule has 0 spiro atoms. The molecule has 1 aliphatic rings. The molecule has 4 nitrogen and oxygen atoms in total. The Morgan fingerprint density at radius 1 is 1.10 bits per heavy atom. The van der Waals surface area contributed by atoms with Gasteiger partial charge >= 0.3 is 0 Å². The van der Waals surface area contributed by atoms with Crippen LogP contribution in [0.5, 0.6) is 0 Å². The summed E-state index contributed by atoms with van der Waals surface area (Å²) in [6.07, 6.45) is 6.50. The minimum Gasteiger partial charge on any atom is -0.396 e.